The highest BCUT2D eigenvalue weighted by Gasteiger charge is 2.30. The Hall–Kier alpha value is -2.76. The van der Waals surface area contributed by atoms with Gasteiger partial charge in [-0.3, -0.25) is 0 Å². The van der Waals surface area contributed by atoms with Gasteiger partial charge in [-0.1, -0.05) is 12.0 Å². The molecule has 0 saturated heterocycles. The van der Waals surface area contributed by atoms with Crippen molar-refractivity contribution < 1.29 is 13.2 Å². The lowest BCUT2D eigenvalue weighted by Gasteiger charge is -2.33. The molecule has 0 aliphatic heterocycles. The van der Waals surface area contributed by atoms with Gasteiger partial charge < -0.3 is 20.1 Å². The van der Waals surface area contributed by atoms with Crippen LogP contribution in [0.5, 0.6) is 0 Å². The van der Waals surface area contributed by atoms with Gasteiger partial charge >= 0.3 is 6.18 Å². The van der Waals surface area contributed by atoms with Crippen molar-refractivity contribution in [1.29, 1.82) is 0 Å². The quantitative estimate of drug-likeness (QED) is 0.272. The number of nitrogens with one attached hydrogen (secondary N) is 2. The van der Waals surface area contributed by atoms with Crippen molar-refractivity contribution in [1.82, 2.24) is 9.47 Å². The van der Waals surface area contributed by atoms with E-state index in [0.29, 0.717) is 29.8 Å². The largest absolute Gasteiger partial charge is 0.406 e. The van der Waals surface area contributed by atoms with Crippen LogP contribution in [0.25, 0.3) is 10.9 Å². The Kier molecular flexibility index (Phi) is 8.43. The first-order valence-electron chi connectivity index (χ1n) is 12.2. The molecule has 0 amide bonds. The van der Waals surface area contributed by atoms with Gasteiger partial charge in [-0.2, -0.15) is 13.2 Å². The summed E-state index contributed by atoms with van der Waals surface area (Å²) in [5, 5.41) is 7.60. The average molecular weight is 515 g/mol. The molecule has 0 bridgehead atoms. The molecule has 1 aliphatic carbocycles. The van der Waals surface area contributed by atoms with Crippen LogP contribution in [0.2, 0.25) is 0 Å². The number of benzene rings is 2. The van der Waals surface area contributed by atoms with Crippen LogP contribution in [0.3, 0.4) is 0 Å². The Balaban J connectivity index is 1.54. The summed E-state index contributed by atoms with van der Waals surface area (Å²) < 4.78 is 41.7. The van der Waals surface area contributed by atoms with E-state index in [1.54, 1.807) is 23.9 Å². The highest BCUT2D eigenvalue weighted by atomic mass is 32.2. The third-order valence-electron chi connectivity index (χ3n) is 6.76. The summed E-state index contributed by atoms with van der Waals surface area (Å²) in [5.41, 5.74) is 2.71. The van der Waals surface area contributed by atoms with Gasteiger partial charge in [-0.25, -0.2) is 0 Å². The van der Waals surface area contributed by atoms with Crippen LogP contribution in [-0.2, 0) is 6.54 Å². The monoisotopic (exact) mass is 514 g/mol. The van der Waals surface area contributed by atoms with E-state index in [1.807, 2.05) is 42.7 Å². The van der Waals surface area contributed by atoms with Gasteiger partial charge in [0, 0.05) is 33.7 Å². The number of alkyl halides is 3. The van der Waals surface area contributed by atoms with E-state index in [9.17, 15) is 13.2 Å². The molecule has 3 aromatic rings. The lowest BCUT2D eigenvalue weighted by atomic mass is 9.90. The molecule has 1 saturated carbocycles. The highest BCUT2D eigenvalue weighted by Crippen LogP contribution is 2.32. The molecule has 4 nitrogen and oxygen atoms in total. The Morgan fingerprint density at radius 3 is 2.42 bits per heavy atom. The predicted molar refractivity (Wildman–Crippen MR) is 145 cm³/mol. The van der Waals surface area contributed by atoms with E-state index in [1.165, 1.54) is 9.46 Å². The van der Waals surface area contributed by atoms with E-state index in [2.05, 4.69) is 41.5 Å². The third-order valence-corrected chi connectivity index (χ3v) is 7.50. The zero-order valence-corrected chi connectivity index (χ0v) is 21.8. The summed E-state index contributed by atoms with van der Waals surface area (Å²) in [7, 11) is 4.23. The minimum Gasteiger partial charge on any atom is -0.382 e. The third kappa shape index (κ3) is 6.71. The zero-order valence-electron chi connectivity index (χ0n) is 21.0. The smallest absolute Gasteiger partial charge is 0.382 e. The molecule has 1 aromatic heterocycles. The van der Waals surface area contributed by atoms with E-state index in [0.717, 1.165) is 42.4 Å². The van der Waals surface area contributed by atoms with Crippen molar-refractivity contribution in [3.8, 4) is 11.8 Å². The average Bonchev–Trinajstić information content (AvgIpc) is 3.19. The number of thioether (sulfide) groups is 1. The van der Waals surface area contributed by atoms with Gasteiger partial charge in [-0.05, 0) is 94.4 Å². The number of hydrogen-bond acceptors (Lipinski definition) is 4. The predicted octanol–water partition coefficient (Wildman–Crippen LogP) is 6.67. The second-order valence-corrected chi connectivity index (χ2v) is 10.3. The summed E-state index contributed by atoms with van der Waals surface area (Å²) in [6, 6.07) is 16.2. The van der Waals surface area contributed by atoms with Crippen molar-refractivity contribution in [2.45, 2.75) is 55.4 Å². The van der Waals surface area contributed by atoms with Crippen LogP contribution in [0.1, 0.15) is 31.4 Å². The van der Waals surface area contributed by atoms with Crippen molar-refractivity contribution in [2.75, 3.05) is 37.5 Å². The van der Waals surface area contributed by atoms with Gasteiger partial charge in [0.2, 0.25) is 0 Å². The maximum atomic E-state index is 13.5. The number of aromatic nitrogens is 1. The molecule has 0 unspecified atom stereocenters. The Bertz CT molecular complexity index is 1210. The first-order chi connectivity index (χ1) is 17.2. The first-order valence-corrected chi connectivity index (χ1v) is 13.4. The van der Waals surface area contributed by atoms with Gasteiger partial charge in [-0.15, -0.1) is 11.8 Å². The second kappa shape index (κ2) is 11.5. The number of hydrogen-bond donors (Lipinski definition) is 2. The first kappa shape index (κ1) is 26.3. The maximum absolute atomic E-state index is 13.5. The van der Waals surface area contributed by atoms with Crippen LogP contribution < -0.4 is 10.6 Å². The fourth-order valence-electron chi connectivity index (χ4n) is 4.81. The van der Waals surface area contributed by atoms with Crippen LogP contribution in [0.15, 0.2) is 53.4 Å². The molecule has 1 heterocycles. The Labute approximate surface area is 215 Å². The van der Waals surface area contributed by atoms with Gasteiger partial charge in [0.1, 0.15) is 6.54 Å². The SMILES string of the molecule is CSc1ccc(NCC#Cc2cc3c(NC4CCC(N(C)C)CC4)cccc3n2CC(F)(F)F)cc1. The lowest BCUT2D eigenvalue weighted by molar-refractivity contribution is -0.140. The van der Waals surface area contributed by atoms with Crippen LogP contribution in [0.4, 0.5) is 24.5 Å². The summed E-state index contributed by atoms with van der Waals surface area (Å²) in [4.78, 5) is 3.44. The molecular formula is C28H33F3N4S. The van der Waals surface area contributed by atoms with Crippen LogP contribution in [0, 0.1) is 11.8 Å². The summed E-state index contributed by atoms with van der Waals surface area (Å²) in [5.74, 6) is 5.98. The molecule has 0 atom stereocenters. The van der Waals surface area contributed by atoms with Gasteiger partial charge in [0.05, 0.1) is 17.8 Å². The topological polar surface area (TPSA) is 32.2 Å². The van der Waals surface area contributed by atoms with Gasteiger partial charge in [0.25, 0.3) is 0 Å². The minimum absolute atomic E-state index is 0.314. The zero-order chi connectivity index (χ0) is 25.7. The number of fused-ring (bicyclic) bond motifs is 1. The standard InChI is InChI=1S/C28H33F3N4S/c1-34(2)22-13-9-21(10-14-22)33-26-7-4-8-27-25(26)18-23(35(27)19-28(29,30)31)6-5-17-32-20-11-15-24(36-3)16-12-20/h4,7-8,11-12,15-16,18,21-22,32-33H,9-10,13-14,17,19H2,1-3H3. The van der Waals surface area contributed by atoms with Gasteiger partial charge in [0.15, 0.2) is 0 Å². The minimum atomic E-state index is -4.34. The molecule has 1 aliphatic rings. The Morgan fingerprint density at radius 1 is 1.06 bits per heavy atom. The molecule has 2 N–H and O–H groups in total. The highest BCUT2D eigenvalue weighted by molar-refractivity contribution is 7.98. The van der Waals surface area contributed by atoms with E-state index in [-0.39, 0.29) is 0 Å². The van der Waals surface area contributed by atoms with E-state index < -0.39 is 12.7 Å². The number of halogens is 3. The summed E-state index contributed by atoms with van der Waals surface area (Å²) in [6.07, 6.45) is 1.98. The normalized spacial score (nSPS) is 18.2. The number of nitrogens with zero attached hydrogens (tertiary/aromatic N) is 2. The molecule has 36 heavy (non-hydrogen) atoms. The molecule has 2 aromatic carbocycles. The summed E-state index contributed by atoms with van der Waals surface area (Å²) >= 11 is 1.67. The van der Waals surface area contributed by atoms with Crippen molar-refractivity contribution in [3.63, 3.8) is 0 Å². The van der Waals surface area contributed by atoms with Crippen molar-refractivity contribution in [2.24, 2.45) is 0 Å². The molecule has 4 rings (SSSR count). The van der Waals surface area contributed by atoms with Crippen LogP contribution >= 0.6 is 11.8 Å². The van der Waals surface area contributed by atoms with E-state index in [4.69, 9.17) is 0 Å². The lowest BCUT2D eigenvalue weighted by Crippen LogP contribution is -2.36. The van der Waals surface area contributed by atoms with Crippen molar-refractivity contribution >= 4 is 34.0 Å². The molecule has 0 radical (unpaired) electrons. The number of anilines is 2. The number of rotatable bonds is 7. The fourth-order valence-corrected chi connectivity index (χ4v) is 5.22. The molecule has 192 valence electrons. The Morgan fingerprint density at radius 2 is 1.78 bits per heavy atom. The second-order valence-electron chi connectivity index (χ2n) is 9.47. The fraction of sp³-hybridized carbons (Fsp3) is 0.429. The molecule has 8 heteroatoms. The maximum Gasteiger partial charge on any atom is 0.406 e. The van der Waals surface area contributed by atoms with Crippen molar-refractivity contribution in [3.05, 3.63) is 54.2 Å². The molecular weight excluding hydrogens is 481 g/mol. The van der Waals surface area contributed by atoms with E-state index >= 15 is 0 Å². The molecule has 0 spiro atoms. The van der Waals surface area contributed by atoms with Crippen LogP contribution in [-0.4, -0.2) is 54.6 Å². The molecule has 1 fully saturated rings. The summed E-state index contributed by atoms with van der Waals surface area (Å²) in [6.45, 7) is -0.728.